The van der Waals surface area contributed by atoms with Crippen molar-refractivity contribution in [3.63, 3.8) is 0 Å². The molecule has 2 aliphatic rings. The molecule has 2 N–H and O–H groups in total. The fraction of sp³-hybridized carbons (Fsp3) is 0.474. The molecule has 1 amide bonds. The Morgan fingerprint density at radius 2 is 1.86 bits per heavy atom. The summed E-state index contributed by atoms with van der Waals surface area (Å²) in [5, 5.41) is 12.1. The first kappa shape index (κ1) is 21.3. The first-order chi connectivity index (χ1) is 13.8. The molecule has 0 atom stereocenters. The second kappa shape index (κ2) is 8.93. The number of hydrogen-bond donors (Lipinski definition) is 2. The van der Waals surface area contributed by atoms with Crippen LogP contribution in [0, 0.1) is 0 Å². The number of amides is 1. The van der Waals surface area contributed by atoms with Crippen molar-refractivity contribution in [1.82, 2.24) is 9.80 Å². The summed E-state index contributed by atoms with van der Waals surface area (Å²) in [6.07, 6.45) is 0. The molecule has 10 heteroatoms. The van der Waals surface area contributed by atoms with Gasteiger partial charge in [0, 0.05) is 31.9 Å². The van der Waals surface area contributed by atoms with E-state index in [9.17, 15) is 18.0 Å². The number of β-amino-alcohol motifs (C(OH)–C–C–N with tert-alkyl or cyclic N) is 1. The average Bonchev–Trinajstić information content (AvgIpc) is 3.00. The van der Waals surface area contributed by atoms with Crippen molar-refractivity contribution in [2.75, 3.05) is 56.7 Å². The van der Waals surface area contributed by atoms with E-state index in [4.69, 9.17) is 9.84 Å². The van der Waals surface area contributed by atoms with E-state index in [2.05, 4.69) is 10.2 Å². The van der Waals surface area contributed by atoms with E-state index in [0.717, 1.165) is 5.56 Å². The summed E-state index contributed by atoms with van der Waals surface area (Å²) in [6, 6.07) is 7.41. The van der Waals surface area contributed by atoms with Crippen molar-refractivity contribution in [3.8, 4) is 0 Å². The fourth-order valence-corrected chi connectivity index (χ4v) is 4.63. The van der Waals surface area contributed by atoms with Crippen molar-refractivity contribution >= 4 is 27.4 Å². The molecule has 1 fully saturated rings. The molecule has 1 aromatic carbocycles. The van der Waals surface area contributed by atoms with Gasteiger partial charge in [0.1, 0.15) is 5.70 Å². The normalized spacial score (nSPS) is 19.5. The van der Waals surface area contributed by atoms with Gasteiger partial charge in [-0.3, -0.25) is 9.69 Å². The van der Waals surface area contributed by atoms with Crippen LogP contribution in [-0.2, 0) is 30.7 Å². The molecule has 158 valence electrons. The number of sulfone groups is 1. The molecule has 29 heavy (non-hydrogen) atoms. The Bertz CT molecular complexity index is 896. The lowest BCUT2D eigenvalue weighted by molar-refractivity contribution is -0.136. The maximum absolute atomic E-state index is 12.5. The summed E-state index contributed by atoms with van der Waals surface area (Å²) in [5.74, 6) is -0.580. The Morgan fingerprint density at radius 1 is 1.21 bits per heavy atom. The number of rotatable bonds is 7. The first-order valence-electron chi connectivity index (χ1n) is 9.33. The van der Waals surface area contributed by atoms with Crippen LogP contribution in [0.2, 0.25) is 0 Å². The molecule has 9 nitrogen and oxygen atoms in total. The van der Waals surface area contributed by atoms with Gasteiger partial charge in [-0.25, -0.2) is 13.2 Å². The highest BCUT2D eigenvalue weighted by atomic mass is 32.2. The van der Waals surface area contributed by atoms with Crippen LogP contribution in [0.4, 0.5) is 5.69 Å². The number of benzene rings is 1. The molecular formula is C19H25N3O6S. The summed E-state index contributed by atoms with van der Waals surface area (Å²) in [7, 11) is -1.65. The van der Waals surface area contributed by atoms with E-state index in [-0.39, 0.29) is 48.4 Å². The third kappa shape index (κ3) is 5.14. The van der Waals surface area contributed by atoms with Gasteiger partial charge in [0.15, 0.2) is 9.84 Å². The summed E-state index contributed by atoms with van der Waals surface area (Å²) in [5.41, 5.74) is 2.05. The predicted octanol–water partition coefficient (Wildman–Crippen LogP) is -0.409. The number of nitrogens with zero attached hydrogens (tertiary/aromatic N) is 2. The molecule has 0 saturated carbocycles. The fourth-order valence-electron chi connectivity index (χ4n) is 3.35. The zero-order valence-electron chi connectivity index (χ0n) is 16.3. The molecule has 0 radical (unpaired) electrons. The topological polar surface area (TPSA) is 116 Å². The number of carbonyl (C=O) groups excluding carboxylic acids is 2. The summed E-state index contributed by atoms with van der Waals surface area (Å²) < 4.78 is 27.8. The van der Waals surface area contributed by atoms with Crippen molar-refractivity contribution < 1.29 is 27.9 Å². The van der Waals surface area contributed by atoms with Crippen molar-refractivity contribution in [2.24, 2.45) is 0 Å². The van der Waals surface area contributed by atoms with Crippen LogP contribution in [0.1, 0.15) is 5.56 Å². The van der Waals surface area contributed by atoms with Gasteiger partial charge in [-0.2, -0.15) is 0 Å². The number of esters is 1. The lowest BCUT2D eigenvalue weighted by Gasteiger charge is -2.26. The van der Waals surface area contributed by atoms with Crippen LogP contribution in [0.5, 0.6) is 0 Å². The lowest BCUT2D eigenvalue weighted by atomic mass is 10.1. The van der Waals surface area contributed by atoms with E-state index in [1.807, 2.05) is 12.1 Å². The Kier molecular flexibility index (Phi) is 6.56. The van der Waals surface area contributed by atoms with Gasteiger partial charge >= 0.3 is 5.97 Å². The number of anilines is 1. The van der Waals surface area contributed by atoms with Gasteiger partial charge in [-0.1, -0.05) is 12.1 Å². The Labute approximate surface area is 169 Å². The second-order valence-electron chi connectivity index (χ2n) is 7.05. The maximum atomic E-state index is 12.5. The lowest BCUT2D eigenvalue weighted by Crippen LogP contribution is -2.39. The number of aliphatic hydroxyl groups excluding tert-OH is 1. The first-order valence-corrected chi connectivity index (χ1v) is 11.2. The Hall–Kier alpha value is -2.43. The van der Waals surface area contributed by atoms with Crippen molar-refractivity contribution in [1.29, 1.82) is 0 Å². The third-order valence-electron chi connectivity index (χ3n) is 5.02. The van der Waals surface area contributed by atoms with Crippen LogP contribution < -0.4 is 5.32 Å². The van der Waals surface area contributed by atoms with Gasteiger partial charge in [0.2, 0.25) is 0 Å². The monoisotopic (exact) mass is 423 g/mol. The van der Waals surface area contributed by atoms with Gasteiger partial charge in [0.25, 0.3) is 5.91 Å². The zero-order chi connectivity index (χ0) is 21.0. The number of aliphatic hydroxyl groups is 1. The number of methoxy groups -OCH3 is 1. The molecule has 1 saturated heterocycles. The molecule has 0 aliphatic carbocycles. The SMILES string of the molecule is COC(=O)C1=C(Nc2ccc(CN3CCS(=O)(=O)CC3)cc2)C(=O)N(CCO)C1. The highest BCUT2D eigenvalue weighted by molar-refractivity contribution is 7.91. The maximum Gasteiger partial charge on any atom is 0.337 e. The predicted molar refractivity (Wildman–Crippen MR) is 107 cm³/mol. The Morgan fingerprint density at radius 3 is 2.45 bits per heavy atom. The standard InChI is InChI=1S/C19H25N3O6S/c1-28-19(25)16-13-22(6-9-23)18(24)17(16)20-15-4-2-14(3-5-15)12-21-7-10-29(26,27)11-8-21/h2-5,20,23H,6-13H2,1H3. The summed E-state index contributed by atoms with van der Waals surface area (Å²) in [4.78, 5) is 28.0. The van der Waals surface area contributed by atoms with Crippen LogP contribution in [0.3, 0.4) is 0 Å². The highest BCUT2D eigenvalue weighted by Gasteiger charge is 2.34. The number of nitrogens with one attached hydrogen (secondary N) is 1. The summed E-state index contributed by atoms with van der Waals surface area (Å²) >= 11 is 0. The molecule has 0 bridgehead atoms. The number of carbonyl (C=O) groups is 2. The minimum atomic E-state index is -2.90. The molecule has 1 aromatic rings. The van der Waals surface area contributed by atoms with E-state index in [1.165, 1.54) is 12.0 Å². The quantitative estimate of drug-likeness (QED) is 0.569. The second-order valence-corrected chi connectivity index (χ2v) is 9.35. The van der Waals surface area contributed by atoms with Crippen molar-refractivity contribution in [3.05, 3.63) is 41.1 Å². The van der Waals surface area contributed by atoms with Crippen LogP contribution in [0.15, 0.2) is 35.5 Å². The minimum Gasteiger partial charge on any atom is -0.466 e. The van der Waals surface area contributed by atoms with Gasteiger partial charge in [0.05, 0.1) is 37.3 Å². The van der Waals surface area contributed by atoms with E-state index < -0.39 is 15.8 Å². The highest BCUT2D eigenvalue weighted by Crippen LogP contribution is 2.23. The molecule has 0 spiro atoms. The smallest absolute Gasteiger partial charge is 0.337 e. The van der Waals surface area contributed by atoms with Crippen molar-refractivity contribution in [2.45, 2.75) is 6.54 Å². The van der Waals surface area contributed by atoms with Gasteiger partial charge in [-0.15, -0.1) is 0 Å². The van der Waals surface area contributed by atoms with E-state index in [1.54, 1.807) is 12.1 Å². The molecule has 2 aliphatic heterocycles. The number of ether oxygens (including phenoxy) is 1. The van der Waals surface area contributed by atoms with Crippen LogP contribution in [-0.4, -0.2) is 86.6 Å². The number of hydrogen-bond acceptors (Lipinski definition) is 8. The molecule has 2 heterocycles. The largest absolute Gasteiger partial charge is 0.466 e. The average molecular weight is 423 g/mol. The third-order valence-corrected chi connectivity index (χ3v) is 6.63. The molecule has 3 rings (SSSR count). The minimum absolute atomic E-state index is 0.0877. The zero-order valence-corrected chi connectivity index (χ0v) is 17.1. The van der Waals surface area contributed by atoms with Gasteiger partial charge < -0.3 is 20.1 Å². The van der Waals surface area contributed by atoms with Gasteiger partial charge in [-0.05, 0) is 17.7 Å². The molecular weight excluding hydrogens is 398 g/mol. The van der Waals surface area contributed by atoms with E-state index in [0.29, 0.717) is 25.3 Å². The van der Waals surface area contributed by atoms with Crippen LogP contribution in [0.25, 0.3) is 0 Å². The molecule has 0 unspecified atom stereocenters. The summed E-state index contributed by atoms with van der Waals surface area (Å²) in [6.45, 7) is 1.72. The van der Waals surface area contributed by atoms with E-state index >= 15 is 0 Å². The van der Waals surface area contributed by atoms with Crippen LogP contribution >= 0.6 is 0 Å². The molecule has 0 aromatic heterocycles. The Balaban J connectivity index is 1.67.